The molecule has 20 heavy (non-hydrogen) atoms. The maximum atomic E-state index is 13.0. The molecule has 3 nitrogen and oxygen atoms in total. The summed E-state index contributed by atoms with van der Waals surface area (Å²) in [4.78, 5) is 12.1. The molecule has 1 heterocycles. The summed E-state index contributed by atoms with van der Waals surface area (Å²) in [5, 5.41) is 6.30. The SMILES string of the molecule is CC(C)(CNC(=O)C1CCNCC1)c1ccc(F)cc1. The largest absolute Gasteiger partial charge is 0.355 e. The lowest BCUT2D eigenvalue weighted by Gasteiger charge is -2.28. The predicted octanol–water partition coefficient (Wildman–Crippen LogP) is 2.22. The van der Waals surface area contributed by atoms with Crippen LogP contribution in [-0.4, -0.2) is 25.5 Å². The molecule has 1 aromatic carbocycles. The van der Waals surface area contributed by atoms with E-state index in [1.165, 1.54) is 12.1 Å². The van der Waals surface area contributed by atoms with E-state index in [-0.39, 0.29) is 23.1 Å². The minimum Gasteiger partial charge on any atom is -0.355 e. The Labute approximate surface area is 120 Å². The van der Waals surface area contributed by atoms with Gasteiger partial charge in [0.05, 0.1) is 0 Å². The van der Waals surface area contributed by atoms with Gasteiger partial charge in [0.15, 0.2) is 0 Å². The van der Waals surface area contributed by atoms with E-state index in [0.29, 0.717) is 6.54 Å². The van der Waals surface area contributed by atoms with Crippen molar-refractivity contribution < 1.29 is 9.18 Å². The third-order valence-corrected chi connectivity index (χ3v) is 4.04. The second kappa shape index (κ2) is 6.35. The number of amides is 1. The summed E-state index contributed by atoms with van der Waals surface area (Å²) >= 11 is 0. The average Bonchev–Trinajstić information content (AvgIpc) is 2.46. The molecule has 0 spiro atoms. The summed E-state index contributed by atoms with van der Waals surface area (Å²) in [5.74, 6) is 0.0326. The van der Waals surface area contributed by atoms with E-state index < -0.39 is 0 Å². The second-order valence-corrected chi connectivity index (χ2v) is 6.13. The molecule has 0 aliphatic carbocycles. The summed E-state index contributed by atoms with van der Waals surface area (Å²) in [6.45, 7) is 6.52. The molecule has 0 aromatic heterocycles. The van der Waals surface area contributed by atoms with Crippen LogP contribution in [0.25, 0.3) is 0 Å². The number of nitrogens with one attached hydrogen (secondary N) is 2. The maximum absolute atomic E-state index is 13.0. The number of piperidine rings is 1. The van der Waals surface area contributed by atoms with Gasteiger partial charge in [-0.2, -0.15) is 0 Å². The number of benzene rings is 1. The van der Waals surface area contributed by atoms with Crippen LogP contribution in [0.15, 0.2) is 24.3 Å². The molecule has 1 aliphatic rings. The van der Waals surface area contributed by atoms with Gasteiger partial charge < -0.3 is 10.6 Å². The van der Waals surface area contributed by atoms with Crippen LogP contribution in [-0.2, 0) is 10.2 Å². The molecule has 0 unspecified atom stereocenters. The van der Waals surface area contributed by atoms with Crippen molar-refractivity contribution in [1.82, 2.24) is 10.6 Å². The van der Waals surface area contributed by atoms with E-state index in [1.807, 2.05) is 0 Å². The molecule has 0 radical (unpaired) electrons. The summed E-state index contributed by atoms with van der Waals surface area (Å²) in [7, 11) is 0. The highest BCUT2D eigenvalue weighted by atomic mass is 19.1. The van der Waals surface area contributed by atoms with Gasteiger partial charge in [-0.3, -0.25) is 4.79 Å². The average molecular weight is 278 g/mol. The van der Waals surface area contributed by atoms with Crippen molar-refractivity contribution in [3.63, 3.8) is 0 Å². The van der Waals surface area contributed by atoms with Crippen LogP contribution >= 0.6 is 0 Å². The van der Waals surface area contributed by atoms with Crippen molar-refractivity contribution >= 4 is 5.91 Å². The van der Waals surface area contributed by atoms with Gasteiger partial charge in [0, 0.05) is 17.9 Å². The topological polar surface area (TPSA) is 41.1 Å². The van der Waals surface area contributed by atoms with Crippen LogP contribution in [0.2, 0.25) is 0 Å². The smallest absolute Gasteiger partial charge is 0.223 e. The zero-order valence-corrected chi connectivity index (χ0v) is 12.2. The molecule has 1 saturated heterocycles. The van der Waals surface area contributed by atoms with E-state index in [1.54, 1.807) is 12.1 Å². The van der Waals surface area contributed by atoms with E-state index in [0.717, 1.165) is 31.5 Å². The number of rotatable bonds is 4. The molecule has 1 amide bonds. The lowest BCUT2D eigenvalue weighted by atomic mass is 9.84. The first-order valence-electron chi connectivity index (χ1n) is 7.23. The molecular weight excluding hydrogens is 255 g/mol. The standard InChI is InChI=1S/C16H23FN2O/c1-16(2,13-3-5-14(17)6-4-13)11-19-15(20)12-7-9-18-10-8-12/h3-6,12,18H,7-11H2,1-2H3,(H,19,20). The van der Waals surface area contributed by atoms with Gasteiger partial charge in [-0.15, -0.1) is 0 Å². The van der Waals surface area contributed by atoms with Gasteiger partial charge in [0.25, 0.3) is 0 Å². The van der Waals surface area contributed by atoms with Crippen molar-refractivity contribution in [2.45, 2.75) is 32.1 Å². The van der Waals surface area contributed by atoms with Gasteiger partial charge in [0.1, 0.15) is 5.82 Å². The zero-order valence-electron chi connectivity index (χ0n) is 12.2. The van der Waals surface area contributed by atoms with Crippen molar-refractivity contribution in [2.75, 3.05) is 19.6 Å². The number of halogens is 1. The second-order valence-electron chi connectivity index (χ2n) is 6.13. The van der Waals surface area contributed by atoms with Crippen molar-refractivity contribution in [1.29, 1.82) is 0 Å². The molecule has 4 heteroatoms. The van der Waals surface area contributed by atoms with E-state index in [9.17, 15) is 9.18 Å². The highest BCUT2D eigenvalue weighted by Gasteiger charge is 2.25. The fraction of sp³-hybridized carbons (Fsp3) is 0.562. The number of hydrogen-bond acceptors (Lipinski definition) is 2. The third-order valence-electron chi connectivity index (χ3n) is 4.04. The quantitative estimate of drug-likeness (QED) is 0.886. The van der Waals surface area contributed by atoms with Crippen molar-refractivity contribution in [3.05, 3.63) is 35.6 Å². The number of carbonyl (C=O) groups is 1. The maximum Gasteiger partial charge on any atom is 0.223 e. The summed E-state index contributed by atoms with van der Waals surface area (Å²) in [6.07, 6.45) is 1.81. The molecule has 1 aliphatic heterocycles. The Kier molecular flexibility index (Phi) is 4.76. The molecule has 1 fully saturated rings. The number of hydrogen-bond donors (Lipinski definition) is 2. The normalized spacial score (nSPS) is 16.9. The highest BCUT2D eigenvalue weighted by molar-refractivity contribution is 5.78. The molecule has 2 rings (SSSR count). The van der Waals surface area contributed by atoms with Gasteiger partial charge >= 0.3 is 0 Å². The molecule has 110 valence electrons. The van der Waals surface area contributed by atoms with Gasteiger partial charge in [-0.05, 0) is 43.6 Å². The Bertz CT molecular complexity index is 450. The Morgan fingerprint density at radius 3 is 2.50 bits per heavy atom. The van der Waals surface area contributed by atoms with E-state index >= 15 is 0 Å². The van der Waals surface area contributed by atoms with Crippen LogP contribution in [0, 0.1) is 11.7 Å². The Morgan fingerprint density at radius 1 is 1.30 bits per heavy atom. The molecule has 2 N–H and O–H groups in total. The first-order valence-corrected chi connectivity index (χ1v) is 7.23. The molecular formula is C16H23FN2O. The summed E-state index contributed by atoms with van der Waals surface area (Å²) in [5.41, 5.74) is 0.834. The highest BCUT2D eigenvalue weighted by Crippen LogP contribution is 2.23. The van der Waals surface area contributed by atoms with E-state index in [2.05, 4.69) is 24.5 Å². The lowest BCUT2D eigenvalue weighted by molar-refractivity contribution is -0.125. The first-order chi connectivity index (χ1) is 9.49. The molecule has 1 aromatic rings. The molecule has 0 bridgehead atoms. The van der Waals surface area contributed by atoms with Gasteiger partial charge in [-0.25, -0.2) is 4.39 Å². The monoisotopic (exact) mass is 278 g/mol. The third kappa shape index (κ3) is 3.79. The van der Waals surface area contributed by atoms with Crippen LogP contribution in [0.5, 0.6) is 0 Å². The van der Waals surface area contributed by atoms with Crippen molar-refractivity contribution in [2.24, 2.45) is 5.92 Å². The molecule has 0 atom stereocenters. The van der Waals surface area contributed by atoms with Crippen LogP contribution in [0.3, 0.4) is 0 Å². The van der Waals surface area contributed by atoms with Crippen molar-refractivity contribution in [3.8, 4) is 0 Å². The van der Waals surface area contributed by atoms with Crippen LogP contribution in [0.4, 0.5) is 4.39 Å². The molecule has 0 saturated carbocycles. The number of carbonyl (C=O) groups excluding carboxylic acids is 1. The van der Waals surface area contributed by atoms with Crippen LogP contribution < -0.4 is 10.6 Å². The summed E-state index contributed by atoms with van der Waals surface area (Å²) < 4.78 is 13.0. The fourth-order valence-corrected chi connectivity index (χ4v) is 2.54. The fourth-order valence-electron chi connectivity index (χ4n) is 2.54. The minimum atomic E-state index is -0.233. The Hall–Kier alpha value is -1.42. The van der Waals surface area contributed by atoms with Crippen LogP contribution in [0.1, 0.15) is 32.3 Å². The lowest BCUT2D eigenvalue weighted by Crippen LogP contribution is -2.42. The zero-order chi connectivity index (χ0) is 14.6. The van der Waals surface area contributed by atoms with Gasteiger partial charge in [0.2, 0.25) is 5.91 Å². The first kappa shape index (κ1) is 15.0. The Morgan fingerprint density at radius 2 is 1.90 bits per heavy atom. The minimum absolute atomic E-state index is 0.125. The summed E-state index contributed by atoms with van der Waals surface area (Å²) in [6, 6.07) is 6.50. The predicted molar refractivity (Wildman–Crippen MR) is 78.0 cm³/mol. The van der Waals surface area contributed by atoms with E-state index in [4.69, 9.17) is 0 Å². The Balaban J connectivity index is 1.91. The van der Waals surface area contributed by atoms with Gasteiger partial charge in [-0.1, -0.05) is 26.0 Å².